The summed E-state index contributed by atoms with van der Waals surface area (Å²) < 4.78 is 6.28. The summed E-state index contributed by atoms with van der Waals surface area (Å²) in [6.45, 7) is 10.5. The summed E-state index contributed by atoms with van der Waals surface area (Å²) in [5.74, 6) is 0.252. The van der Waals surface area contributed by atoms with Gasteiger partial charge in [0.15, 0.2) is 11.4 Å². The number of nitrogens with zero attached hydrogens (tertiary/aromatic N) is 5. The van der Waals surface area contributed by atoms with Gasteiger partial charge in [0.25, 0.3) is 0 Å². The lowest BCUT2D eigenvalue weighted by Gasteiger charge is -2.20. The zero-order valence-corrected chi connectivity index (χ0v) is 29.9. The van der Waals surface area contributed by atoms with E-state index in [0.717, 1.165) is 68.5 Å². The summed E-state index contributed by atoms with van der Waals surface area (Å²) in [5, 5.41) is 36.3. The molecular formula is C41H43N7O4. The number of oxazole rings is 1. The number of carbonyl (C=O) groups is 1. The van der Waals surface area contributed by atoms with E-state index in [1.807, 2.05) is 62.5 Å². The van der Waals surface area contributed by atoms with Gasteiger partial charge in [0, 0.05) is 54.7 Å². The molecule has 266 valence electrons. The Bertz CT molecular complexity index is 2280. The Morgan fingerprint density at radius 1 is 1.00 bits per heavy atom. The van der Waals surface area contributed by atoms with Crippen LogP contribution in [-0.2, 0) is 17.9 Å². The monoisotopic (exact) mass is 697 g/mol. The van der Waals surface area contributed by atoms with Crippen molar-refractivity contribution in [2.24, 2.45) is 0 Å². The van der Waals surface area contributed by atoms with Gasteiger partial charge >= 0.3 is 5.97 Å². The number of pyridine rings is 2. The first-order chi connectivity index (χ1) is 25.2. The maximum absolute atomic E-state index is 11.2. The summed E-state index contributed by atoms with van der Waals surface area (Å²) >= 11 is 0. The van der Waals surface area contributed by atoms with Crippen molar-refractivity contribution in [3.05, 3.63) is 101 Å². The standard InChI is InChI=1S/C41H43N7O4/c1-5-15-48(16-13-37(50)51)23-28-17-31(20-42)39-36(19-28)47-41(52-39)34-10-6-8-32(26(34)3)33-9-7-11-35(27(33)4)46-40-38-30(12-14-43-40)18-29(22-45-38)21-44-25(2)24-49/h6-12,14,17-19,22,25,44,49H,5,13,15-16,21,23-24H2,1-4H3,(H,43,46)(H,50,51)/t25-/m0/s1. The Morgan fingerprint density at radius 2 is 1.77 bits per heavy atom. The number of rotatable bonds is 15. The van der Waals surface area contributed by atoms with E-state index in [2.05, 4.69) is 58.6 Å². The molecule has 0 amide bonds. The number of nitriles is 1. The van der Waals surface area contributed by atoms with Crippen LogP contribution in [0.25, 0.3) is 44.6 Å². The largest absolute Gasteiger partial charge is 0.481 e. The minimum atomic E-state index is -0.835. The van der Waals surface area contributed by atoms with Crippen LogP contribution in [-0.4, -0.2) is 61.8 Å². The molecule has 3 aromatic heterocycles. The van der Waals surface area contributed by atoms with Crippen LogP contribution in [0.2, 0.25) is 0 Å². The molecule has 52 heavy (non-hydrogen) atoms. The van der Waals surface area contributed by atoms with Crippen LogP contribution in [0, 0.1) is 25.2 Å². The van der Waals surface area contributed by atoms with Crippen LogP contribution >= 0.6 is 0 Å². The number of aliphatic hydroxyl groups is 1. The molecule has 0 aliphatic heterocycles. The smallest absolute Gasteiger partial charge is 0.304 e. The van der Waals surface area contributed by atoms with Gasteiger partial charge in [0.2, 0.25) is 5.89 Å². The summed E-state index contributed by atoms with van der Waals surface area (Å²) in [4.78, 5) is 27.5. The molecule has 1 atom stereocenters. The van der Waals surface area contributed by atoms with Crippen LogP contribution in [0.5, 0.6) is 0 Å². The Morgan fingerprint density at radius 3 is 2.52 bits per heavy atom. The van der Waals surface area contributed by atoms with Crippen molar-refractivity contribution in [1.82, 2.24) is 25.2 Å². The number of aliphatic carboxylic acids is 1. The second kappa shape index (κ2) is 16.1. The molecule has 0 spiro atoms. The van der Waals surface area contributed by atoms with Crippen LogP contribution in [0.15, 0.2) is 77.5 Å². The maximum Gasteiger partial charge on any atom is 0.304 e. The lowest BCUT2D eigenvalue weighted by atomic mass is 9.93. The molecular weight excluding hydrogens is 654 g/mol. The lowest BCUT2D eigenvalue weighted by molar-refractivity contribution is -0.137. The van der Waals surface area contributed by atoms with Crippen molar-refractivity contribution in [2.75, 3.05) is 25.0 Å². The number of carboxylic acid groups (broad SMARTS) is 1. The third-order valence-corrected chi connectivity index (χ3v) is 9.28. The zero-order chi connectivity index (χ0) is 36.8. The quantitative estimate of drug-likeness (QED) is 0.0841. The van der Waals surface area contributed by atoms with Crippen LogP contribution in [0.1, 0.15) is 54.5 Å². The van der Waals surface area contributed by atoms with E-state index in [9.17, 15) is 20.3 Å². The molecule has 0 aliphatic carbocycles. The van der Waals surface area contributed by atoms with Crippen molar-refractivity contribution in [3.8, 4) is 28.7 Å². The number of carboxylic acids is 1. The van der Waals surface area contributed by atoms with Gasteiger partial charge in [-0.1, -0.05) is 31.2 Å². The van der Waals surface area contributed by atoms with Crippen molar-refractivity contribution in [3.63, 3.8) is 0 Å². The minimum absolute atomic E-state index is 0.00388. The molecule has 4 N–H and O–H groups in total. The fraction of sp³-hybridized carbons (Fsp3) is 0.293. The number of hydrogen-bond donors (Lipinski definition) is 4. The molecule has 3 heterocycles. The van der Waals surface area contributed by atoms with Crippen LogP contribution in [0.3, 0.4) is 0 Å². The van der Waals surface area contributed by atoms with Gasteiger partial charge in [-0.3, -0.25) is 14.7 Å². The van der Waals surface area contributed by atoms with E-state index in [1.165, 1.54) is 0 Å². The molecule has 0 saturated heterocycles. The first-order valence-corrected chi connectivity index (χ1v) is 17.5. The second-order valence-electron chi connectivity index (χ2n) is 13.2. The number of hydrogen-bond acceptors (Lipinski definition) is 10. The van der Waals surface area contributed by atoms with Crippen LogP contribution in [0.4, 0.5) is 11.5 Å². The average Bonchev–Trinajstić information content (AvgIpc) is 3.57. The van der Waals surface area contributed by atoms with E-state index in [-0.39, 0.29) is 19.1 Å². The molecule has 0 fully saturated rings. The van der Waals surface area contributed by atoms with Crippen molar-refractivity contribution in [1.29, 1.82) is 5.26 Å². The molecule has 0 saturated carbocycles. The third kappa shape index (κ3) is 7.95. The molecule has 3 aromatic carbocycles. The number of nitrogens with one attached hydrogen (secondary N) is 2. The predicted molar refractivity (Wildman–Crippen MR) is 203 cm³/mol. The fourth-order valence-corrected chi connectivity index (χ4v) is 6.48. The molecule has 0 aliphatic rings. The average molecular weight is 698 g/mol. The van der Waals surface area contributed by atoms with Gasteiger partial charge in [-0.25, -0.2) is 9.97 Å². The Hall–Kier alpha value is -5.67. The minimum Gasteiger partial charge on any atom is -0.481 e. The van der Waals surface area contributed by atoms with E-state index >= 15 is 0 Å². The summed E-state index contributed by atoms with van der Waals surface area (Å²) in [6.07, 6.45) is 4.55. The van der Waals surface area contributed by atoms with Gasteiger partial charge in [0.1, 0.15) is 17.1 Å². The molecule has 0 unspecified atom stereocenters. The summed E-state index contributed by atoms with van der Waals surface area (Å²) in [7, 11) is 0. The highest BCUT2D eigenvalue weighted by Crippen LogP contribution is 2.37. The van der Waals surface area contributed by atoms with E-state index in [0.29, 0.717) is 48.0 Å². The topological polar surface area (TPSA) is 160 Å². The van der Waals surface area contributed by atoms with Crippen molar-refractivity contribution >= 4 is 39.5 Å². The molecule has 0 bridgehead atoms. The number of anilines is 2. The number of aromatic nitrogens is 3. The van der Waals surface area contributed by atoms with E-state index in [1.54, 1.807) is 6.20 Å². The van der Waals surface area contributed by atoms with Gasteiger partial charge in [0.05, 0.1) is 18.6 Å². The predicted octanol–water partition coefficient (Wildman–Crippen LogP) is 7.49. The number of benzene rings is 3. The van der Waals surface area contributed by atoms with Gasteiger partial charge in [-0.2, -0.15) is 5.26 Å². The normalized spacial score (nSPS) is 12.0. The first kappa shape index (κ1) is 36.1. The highest BCUT2D eigenvalue weighted by atomic mass is 16.4. The van der Waals surface area contributed by atoms with E-state index < -0.39 is 5.97 Å². The van der Waals surface area contributed by atoms with Crippen molar-refractivity contribution < 1.29 is 19.4 Å². The third-order valence-electron chi connectivity index (χ3n) is 9.28. The first-order valence-electron chi connectivity index (χ1n) is 17.5. The zero-order valence-electron chi connectivity index (χ0n) is 29.9. The van der Waals surface area contributed by atoms with E-state index in [4.69, 9.17) is 14.4 Å². The Labute approximate surface area is 303 Å². The Kier molecular flexibility index (Phi) is 11.2. The van der Waals surface area contributed by atoms with Crippen molar-refractivity contribution in [2.45, 2.75) is 59.7 Å². The Balaban J connectivity index is 1.29. The SMILES string of the molecule is CCCN(CCC(=O)O)Cc1cc(C#N)c2oc(-c3cccc(-c4cccc(Nc5nccc6cc(CN[C@@H](C)CO)cnc56)c4C)c3C)nc2c1. The van der Waals surface area contributed by atoms with Gasteiger partial charge in [-0.15, -0.1) is 0 Å². The molecule has 0 radical (unpaired) electrons. The molecule has 6 rings (SSSR count). The second-order valence-corrected chi connectivity index (χ2v) is 13.2. The maximum atomic E-state index is 11.2. The highest BCUT2D eigenvalue weighted by Gasteiger charge is 2.19. The molecule has 11 nitrogen and oxygen atoms in total. The number of aliphatic hydroxyl groups excluding tert-OH is 1. The van der Waals surface area contributed by atoms with Gasteiger partial charge < -0.3 is 25.3 Å². The summed E-state index contributed by atoms with van der Waals surface area (Å²) in [6, 6.07) is 22.2. The highest BCUT2D eigenvalue weighted by molar-refractivity contribution is 5.91. The fourth-order valence-electron chi connectivity index (χ4n) is 6.48. The van der Waals surface area contributed by atoms with Crippen LogP contribution < -0.4 is 10.6 Å². The lowest BCUT2D eigenvalue weighted by Crippen LogP contribution is -2.28. The molecule has 6 aromatic rings. The summed E-state index contributed by atoms with van der Waals surface area (Å²) in [5.41, 5.74) is 9.89. The molecule has 11 heteroatoms. The van der Waals surface area contributed by atoms with Gasteiger partial charge in [-0.05, 0) is 104 Å². The number of fused-ring (bicyclic) bond motifs is 2.